The highest BCUT2D eigenvalue weighted by atomic mass is 35.5. The summed E-state index contributed by atoms with van der Waals surface area (Å²) in [6.45, 7) is 0. The SMILES string of the molecule is O=[N+]([O-])c1ccc(Nc2ccc(O)c(Cl)c2)cc1. The summed E-state index contributed by atoms with van der Waals surface area (Å²) < 4.78 is 0. The van der Waals surface area contributed by atoms with Crippen LogP contribution in [0.2, 0.25) is 5.02 Å². The van der Waals surface area contributed by atoms with Crippen molar-refractivity contribution in [3.05, 3.63) is 57.6 Å². The van der Waals surface area contributed by atoms with Crippen molar-refractivity contribution in [2.45, 2.75) is 0 Å². The van der Waals surface area contributed by atoms with E-state index in [0.717, 1.165) is 0 Å². The molecule has 0 unspecified atom stereocenters. The molecule has 0 aliphatic heterocycles. The molecule has 0 saturated carbocycles. The van der Waals surface area contributed by atoms with Crippen LogP contribution in [0.15, 0.2) is 42.5 Å². The first-order chi connectivity index (χ1) is 8.56. The summed E-state index contributed by atoms with van der Waals surface area (Å²) in [5, 5.41) is 23.0. The number of nitro groups is 1. The zero-order chi connectivity index (χ0) is 13.1. The van der Waals surface area contributed by atoms with Gasteiger partial charge in [-0.1, -0.05) is 11.6 Å². The maximum absolute atomic E-state index is 10.5. The van der Waals surface area contributed by atoms with Crippen LogP contribution in [0.5, 0.6) is 5.75 Å². The van der Waals surface area contributed by atoms with E-state index >= 15 is 0 Å². The largest absolute Gasteiger partial charge is 0.506 e. The van der Waals surface area contributed by atoms with Crippen molar-refractivity contribution in [1.29, 1.82) is 0 Å². The summed E-state index contributed by atoms with van der Waals surface area (Å²) in [5.41, 5.74) is 1.42. The molecule has 0 atom stereocenters. The van der Waals surface area contributed by atoms with E-state index in [0.29, 0.717) is 11.4 Å². The standard InChI is InChI=1S/C12H9ClN2O3/c13-11-7-9(3-6-12(11)16)14-8-1-4-10(5-2-8)15(17)18/h1-7,14,16H. The lowest BCUT2D eigenvalue weighted by Crippen LogP contribution is -1.91. The Balaban J connectivity index is 2.18. The first-order valence-corrected chi connectivity index (χ1v) is 5.44. The molecule has 2 aromatic carbocycles. The molecule has 0 aliphatic rings. The highest BCUT2D eigenvalue weighted by Gasteiger charge is 2.04. The van der Waals surface area contributed by atoms with Crippen molar-refractivity contribution in [3.8, 4) is 5.75 Å². The highest BCUT2D eigenvalue weighted by molar-refractivity contribution is 6.32. The molecule has 5 nitrogen and oxygen atoms in total. The minimum atomic E-state index is -0.457. The highest BCUT2D eigenvalue weighted by Crippen LogP contribution is 2.28. The average Bonchev–Trinajstić information content (AvgIpc) is 2.34. The summed E-state index contributed by atoms with van der Waals surface area (Å²) in [6, 6.07) is 10.7. The van der Waals surface area contributed by atoms with Gasteiger partial charge in [0.2, 0.25) is 0 Å². The maximum Gasteiger partial charge on any atom is 0.269 e. The molecule has 2 N–H and O–H groups in total. The molecule has 0 heterocycles. The number of anilines is 2. The smallest absolute Gasteiger partial charge is 0.269 e. The fourth-order valence-electron chi connectivity index (χ4n) is 1.42. The van der Waals surface area contributed by atoms with Gasteiger partial charge < -0.3 is 10.4 Å². The molecule has 2 rings (SSSR count). The van der Waals surface area contributed by atoms with Gasteiger partial charge in [0.25, 0.3) is 5.69 Å². The lowest BCUT2D eigenvalue weighted by molar-refractivity contribution is -0.384. The molecule has 92 valence electrons. The van der Waals surface area contributed by atoms with Crippen molar-refractivity contribution in [1.82, 2.24) is 0 Å². The maximum atomic E-state index is 10.5. The summed E-state index contributed by atoms with van der Waals surface area (Å²) in [5.74, 6) is 0.00548. The molecule has 0 amide bonds. The van der Waals surface area contributed by atoms with Crippen molar-refractivity contribution in [2.24, 2.45) is 0 Å². The predicted octanol–water partition coefficient (Wildman–Crippen LogP) is 3.70. The zero-order valence-electron chi connectivity index (χ0n) is 9.13. The molecule has 0 radical (unpaired) electrons. The second-order valence-corrected chi connectivity index (χ2v) is 4.00. The number of nitrogens with zero attached hydrogens (tertiary/aromatic N) is 1. The summed E-state index contributed by atoms with van der Waals surface area (Å²) in [7, 11) is 0. The number of non-ortho nitro benzene ring substituents is 1. The topological polar surface area (TPSA) is 75.4 Å². The minimum absolute atomic E-state index is 0.00548. The second kappa shape index (κ2) is 4.93. The van der Waals surface area contributed by atoms with Crippen LogP contribution in [-0.2, 0) is 0 Å². The van der Waals surface area contributed by atoms with E-state index in [1.54, 1.807) is 24.3 Å². The molecule has 0 spiro atoms. The van der Waals surface area contributed by atoms with Gasteiger partial charge in [-0.05, 0) is 30.3 Å². The monoisotopic (exact) mass is 264 g/mol. The third-order valence-corrected chi connectivity index (χ3v) is 2.62. The number of nitrogens with one attached hydrogen (secondary N) is 1. The van der Waals surface area contributed by atoms with Crippen molar-refractivity contribution >= 4 is 28.7 Å². The Morgan fingerprint density at radius 2 is 1.72 bits per heavy atom. The van der Waals surface area contributed by atoms with E-state index in [-0.39, 0.29) is 16.5 Å². The lowest BCUT2D eigenvalue weighted by atomic mass is 10.2. The lowest BCUT2D eigenvalue weighted by Gasteiger charge is -2.07. The van der Waals surface area contributed by atoms with Gasteiger partial charge in [-0.25, -0.2) is 0 Å². The van der Waals surface area contributed by atoms with Crippen molar-refractivity contribution in [3.63, 3.8) is 0 Å². The van der Waals surface area contributed by atoms with Crippen molar-refractivity contribution in [2.75, 3.05) is 5.32 Å². The third-order valence-electron chi connectivity index (χ3n) is 2.31. The Bertz CT molecular complexity index is 584. The Morgan fingerprint density at radius 1 is 1.11 bits per heavy atom. The number of hydrogen-bond acceptors (Lipinski definition) is 4. The van der Waals surface area contributed by atoms with E-state index in [2.05, 4.69) is 5.32 Å². The Morgan fingerprint density at radius 3 is 2.28 bits per heavy atom. The van der Waals surface area contributed by atoms with Gasteiger partial charge >= 0.3 is 0 Å². The number of hydrogen-bond donors (Lipinski definition) is 2. The Kier molecular flexibility index (Phi) is 3.34. The van der Waals surface area contributed by atoms with E-state index in [1.807, 2.05) is 0 Å². The summed E-state index contributed by atoms with van der Waals surface area (Å²) in [4.78, 5) is 10.0. The fourth-order valence-corrected chi connectivity index (χ4v) is 1.60. The molecular weight excluding hydrogens is 256 g/mol. The molecule has 6 heteroatoms. The van der Waals surface area contributed by atoms with Crippen LogP contribution in [0.1, 0.15) is 0 Å². The van der Waals surface area contributed by atoms with E-state index in [9.17, 15) is 15.2 Å². The normalized spacial score (nSPS) is 10.1. The molecule has 18 heavy (non-hydrogen) atoms. The van der Waals surface area contributed by atoms with Crippen LogP contribution in [0.25, 0.3) is 0 Å². The Hall–Kier alpha value is -2.27. The minimum Gasteiger partial charge on any atom is -0.506 e. The number of benzene rings is 2. The molecule has 2 aromatic rings. The van der Waals surface area contributed by atoms with Gasteiger partial charge in [-0.3, -0.25) is 10.1 Å². The molecule has 0 fully saturated rings. The van der Waals surface area contributed by atoms with Crippen LogP contribution in [-0.4, -0.2) is 10.0 Å². The molecule has 0 saturated heterocycles. The number of nitro benzene ring substituents is 1. The van der Waals surface area contributed by atoms with Crippen LogP contribution < -0.4 is 5.32 Å². The van der Waals surface area contributed by atoms with E-state index in [4.69, 9.17) is 11.6 Å². The average molecular weight is 265 g/mol. The zero-order valence-corrected chi connectivity index (χ0v) is 9.89. The number of aromatic hydroxyl groups is 1. The van der Waals surface area contributed by atoms with Crippen LogP contribution >= 0.6 is 11.6 Å². The van der Waals surface area contributed by atoms with Gasteiger partial charge in [0, 0.05) is 23.5 Å². The number of rotatable bonds is 3. The first kappa shape index (κ1) is 12.2. The van der Waals surface area contributed by atoms with E-state index in [1.165, 1.54) is 18.2 Å². The number of halogens is 1. The Labute approximate surface area is 108 Å². The van der Waals surface area contributed by atoms with Gasteiger partial charge in [-0.2, -0.15) is 0 Å². The molecule has 0 aliphatic carbocycles. The fraction of sp³-hybridized carbons (Fsp3) is 0. The van der Waals surface area contributed by atoms with Gasteiger partial charge in [0.05, 0.1) is 9.95 Å². The number of phenolic OH excluding ortho intramolecular Hbond substituents is 1. The van der Waals surface area contributed by atoms with Gasteiger partial charge in [0.15, 0.2) is 0 Å². The third kappa shape index (κ3) is 2.70. The van der Waals surface area contributed by atoms with Crippen LogP contribution in [0, 0.1) is 10.1 Å². The quantitative estimate of drug-likeness (QED) is 0.503. The second-order valence-electron chi connectivity index (χ2n) is 3.60. The summed E-state index contributed by atoms with van der Waals surface area (Å²) >= 11 is 5.77. The molecule has 0 bridgehead atoms. The first-order valence-electron chi connectivity index (χ1n) is 5.06. The van der Waals surface area contributed by atoms with Gasteiger partial charge in [-0.15, -0.1) is 0 Å². The molecular formula is C12H9ClN2O3. The van der Waals surface area contributed by atoms with E-state index < -0.39 is 4.92 Å². The molecule has 0 aromatic heterocycles. The van der Waals surface area contributed by atoms with Crippen LogP contribution in [0.3, 0.4) is 0 Å². The predicted molar refractivity (Wildman–Crippen MR) is 69.5 cm³/mol. The van der Waals surface area contributed by atoms with Crippen LogP contribution in [0.4, 0.5) is 17.1 Å². The summed E-state index contributed by atoms with van der Waals surface area (Å²) in [6.07, 6.45) is 0. The van der Waals surface area contributed by atoms with Crippen molar-refractivity contribution < 1.29 is 10.0 Å². The number of phenols is 1. The van der Waals surface area contributed by atoms with Gasteiger partial charge in [0.1, 0.15) is 5.75 Å².